The summed E-state index contributed by atoms with van der Waals surface area (Å²) in [5, 5.41) is 17.4. The van der Waals surface area contributed by atoms with Gasteiger partial charge in [-0.25, -0.2) is 4.79 Å². The average molecular weight is 344 g/mol. The average Bonchev–Trinajstić information content (AvgIpc) is 3.21. The SMILES string of the molecule is COc1cc(C)c(C(=O)N2CCCC2c2nncn2C)cc1C(=O)O. The normalized spacial score (nSPS) is 16.9. The first kappa shape index (κ1) is 16.9. The van der Waals surface area contributed by atoms with Crippen molar-refractivity contribution in [2.45, 2.75) is 25.8 Å². The Labute approximate surface area is 145 Å². The van der Waals surface area contributed by atoms with Crippen LogP contribution in [0, 0.1) is 6.92 Å². The third kappa shape index (κ3) is 2.95. The molecule has 3 rings (SSSR count). The molecule has 1 aliphatic heterocycles. The maximum Gasteiger partial charge on any atom is 0.339 e. The molecule has 0 saturated carbocycles. The van der Waals surface area contributed by atoms with Gasteiger partial charge in [-0.3, -0.25) is 4.79 Å². The van der Waals surface area contributed by atoms with Gasteiger partial charge in [-0.15, -0.1) is 10.2 Å². The van der Waals surface area contributed by atoms with E-state index in [1.165, 1.54) is 13.2 Å². The maximum atomic E-state index is 13.1. The lowest BCUT2D eigenvalue weighted by Gasteiger charge is -2.25. The van der Waals surface area contributed by atoms with Crippen LogP contribution in [0.2, 0.25) is 0 Å². The van der Waals surface area contributed by atoms with E-state index in [2.05, 4.69) is 10.2 Å². The predicted molar refractivity (Wildman–Crippen MR) is 88.7 cm³/mol. The summed E-state index contributed by atoms with van der Waals surface area (Å²) in [6, 6.07) is 2.82. The first-order valence-corrected chi connectivity index (χ1v) is 8.00. The number of aryl methyl sites for hydroxylation is 2. The number of ether oxygens (including phenoxy) is 1. The second-order valence-electron chi connectivity index (χ2n) is 6.13. The third-order valence-corrected chi connectivity index (χ3v) is 4.57. The number of rotatable bonds is 4. The van der Waals surface area contributed by atoms with Crippen LogP contribution >= 0.6 is 0 Å². The highest BCUT2D eigenvalue weighted by molar-refractivity contribution is 6.00. The number of aromatic nitrogens is 3. The number of carbonyl (C=O) groups excluding carboxylic acids is 1. The molecular formula is C17H20N4O4. The number of hydrogen-bond acceptors (Lipinski definition) is 5. The van der Waals surface area contributed by atoms with E-state index in [-0.39, 0.29) is 23.3 Å². The van der Waals surface area contributed by atoms with Crippen LogP contribution in [-0.4, -0.2) is 50.3 Å². The van der Waals surface area contributed by atoms with Gasteiger partial charge in [0.2, 0.25) is 0 Å². The number of likely N-dealkylation sites (tertiary alicyclic amines) is 1. The molecule has 0 spiro atoms. The Balaban J connectivity index is 1.99. The molecule has 1 saturated heterocycles. The summed E-state index contributed by atoms with van der Waals surface area (Å²) in [5.74, 6) is -0.353. The zero-order valence-corrected chi connectivity index (χ0v) is 14.4. The van der Waals surface area contributed by atoms with Gasteiger partial charge in [0, 0.05) is 19.2 Å². The summed E-state index contributed by atoms with van der Waals surface area (Å²) in [6.45, 7) is 2.37. The van der Waals surface area contributed by atoms with Gasteiger partial charge in [0.15, 0.2) is 5.82 Å². The summed E-state index contributed by atoms with van der Waals surface area (Å²) in [4.78, 5) is 26.3. The summed E-state index contributed by atoms with van der Waals surface area (Å²) in [5.41, 5.74) is 1.02. The second kappa shape index (κ2) is 6.54. The minimum absolute atomic E-state index is 0.0224. The summed E-state index contributed by atoms with van der Waals surface area (Å²) in [7, 11) is 3.25. The molecule has 1 unspecified atom stereocenters. The molecule has 8 nitrogen and oxygen atoms in total. The first-order chi connectivity index (χ1) is 11.9. The Morgan fingerprint density at radius 3 is 2.68 bits per heavy atom. The van der Waals surface area contributed by atoms with Crippen LogP contribution in [0.3, 0.4) is 0 Å². The molecular weight excluding hydrogens is 324 g/mol. The molecule has 0 bridgehead atoms. The van der Waals surface area contributed by atoms with Crippen molar-refractivity contribution < 1.29 is 19.4 Å². The number of carboxylic acids is 1. The van der Waals surface area contributed by atoms with E-state index in [4.69, 9.17) is 4.74 Å². The largest absolute Gasteiger partial charge is 0.496 e. The monoisotopic (exact) mass is 344 g/mol. The van der Waals surface area contributed by atoms with Crippen molar-refractivity contribution in [1.82, 2.24) is 19.7 Å². The maximum absolute atomic E-state index is 13.1. The van der Waals surface area contributed by atoms with E-state index < -0.39 is 5.97 Å². The van der Waals surface area contributed by atoms with E-state index in [0.29, 0.717) is 17.7 Å². The van der Waals surface area contributed by atoms with Gasteiger partial charge < -0.3 is 19.3 Å². The molecule has 0 aliphatic carbocycles. The number of amides is 1. The first-order valence-electron chi connectivity index (χ1n) is 8.00. The van der Waals surface area contributed by atoms with Crippen molar-refractivity contribution >= 4 is 11.9 Å². The smallest absolute Gasteiger partial charge is 0.339 e. The summed E-state index contributed by atoms with van der Waals surface area (Å²) in [6.07, 6.45) is 3.28. The fourth-order valence-electron chi connectivity index (χ4n) is 3.27. The molecule has 1 N–H and O–H groups in total. The van der Waals surface area contributed by atoms with Gasteiger partial charge in [-0.1, -0.05) is 0 Å². The van der Waals surface area contributed by atoms with Gasteiger partial charge in [0.25, 0.3) is 5.91 Å². The van der Waals surface area contributed by atoms with E-state index in [0.717, 1.165) is 18.7 Å². The molecule has 1 atom stereocenters. The van der Waals surface area contributed by atoms with Crippen molar-refractivity contribution in [3.05, 3.63) is 41.0 Å². The van der Waals surface area contributed by atoms with Crippen LogP contribution in [0.25, 0.3) is 0 Å². The van der Waals surface area contributed by atoms with Crippen molar-refractivity contribution in [2.75, 3.05) is 13.7 Å². The fourth-order valence-corrected chi connectivity index (χ4v) is 3.27. The highest BCUT2D eigenvalue weighted by Crippen LogP contribution is 2.33. The number of hydrogen-bond donors (Lipinski definition) is 1. The Bertz CT molecular complexity index is 830. The molecule has 1 amide bonds. The minimum Gasteiger partial charge on any atom is -0.496 e. The Morgan fingerprint density at radius 1 is 1.32 bits per heavy atom. The Hall–Kier alpha value is -2.90. The lowest BCUT2D eigenvalue weighted by atomic mass is 10.0. The number of carbonyl (C=O) groups is 2. The van der Waals surface area contributed by atoms with E-state index in [1.54, 1.807) is 28.8 Å². The molecule has 1 aromatic carbocycles. The van der Waals surface area contributed by atoms with Crippen LogP contribution in [0.1, 0.15) is 51.0 Å². The van der Waals surface area contributed by atoms with Crippen molar-refractivity contribution in [3.8, 4) is 5.75 Å². The van der Waals surface area contributed by atoms with E-state index >= 15 is 0 Å². The number of aromatic carboxylic acids is 1. The van der Waals surface area contributed by atoms with Crippen LogP contribution in [-0.2, 0) is 7.05 Å². The highest BCUT2D eigenvalue weighted by atomic mass is 16.5. The van der Waals surface area contributed by atoms with Crippen molar-refractivity contribution in [3.63, 3.8) is 0 Å². The Morgan fingerprint density at radius 2 is 2.08 bits per heavy atom. The number of methoxy groups -OCH3 is 1. The highest BCUT2D eigenvalue weighted by Gasteiger charge is 2.34. The number of nitrogens with zero attached hydrogens (tertiary/aromatic N) is 4. The zero-order valence-electron chi connectivity index (χ0n) is 14.4. The molecule has 2 aromatic rings. The van der Waals surface area contributed by atoms with Gasteiger partial charge in [0.1, 0.15) is 17.6 Å². The molecule has 1 fully saturated rings. The quantitative estimate of drug-likeness (QED) is 0.908. The van der Waals surface area contributed by atoms with Crippen molar-refractivity contribution in [2.24, 2.45) is 7.05 Å². The van der Waals surface area contributed by atoms with Crippen LogP contribution in [0.4, 0.5) is 0 Å². The minimum atomic E-state index is -1.13. The van der Waals surface area contributed by atoms with Crippen LogP contribution in [0.5, 0.6) is 5.75 Å². The van der Waals surface area contributed by atoms with Gasteiger partial charge in [-0.2, -0.15) is 0 Å². The fraction of sp³-hybridized carbons (Fsp3) is 0.412. The molecule has 1 aliphatic rings. The van der Waals surface area contributed by atoms with Crippen LogP contribution in [0.15, 0.2) is 18.5 Å². The standard InChI is InChI=1S/C17H20N4O4/c1-10-7-14(25-3)12(17(23)24)8-11(10)16(22)21-6-4-5-13(21)15-19-18-9-20(15)2/h7-9,13H,4-6H2,1-3H3,(H,23,24). The lowest BCUT2D eigenvalue weighted by molar-refractivity contribution is 0.0693. The number of benzene rings is 1. The second-order valence-corrected chi connectivity index (χ2v) is 6.13. The summed E-state index contributed by atoms with van der Waals surface area (Å²) < 4.78 is 6.92. The van der Waals surface area contributed by atoms with Gasteiger partial charge in [-0.05, 0) is 37.5 Å². The third-order valence-electron chi connectivity index (χ3n) is 4.57. The molecule has 0 radical (unpaired) electrons. The topological polar surface area (TPSA) is 97.5 Å². The zero-order chi connectivity index (χ0) is 18.1. The molecule has 25 heavy (non-hydrogen) atoms. The predicted octanol–water partition coefficient (Wildman–Crippen LogP) is 1.81. The van der Waals surface area contributed by atoms with Crippen molar-refractivity contribution in [1.29, 1.82) is 0 Å². The molecule has 132 valence electrons. The molecule has 8 heteroatoms. The van der Waals surface area contributed by atoms with E-state index in [9.17, 15) is 14.7 Å². The van der Waals surface area contributed by atoms with Crippen LogP contribution < -0.4 is 4.74 Å². The molecule has 1 aromatic heterocycles. The summed E-state index contributed by atoms with van der Waals surface area (Å²) >= 11 is 0. The van der Waals surface area contributed by atoms with Gasteiger partial charge >= 0.3 is 5.97 Å². The molecule has 2 heterocycles. The lowest BCUT2D eigenvalue weighted by Crippen LogP contribution is -2.32. The van der Waals surface area contributed by atoms with E-state index in [1.807, 2.05) is 7.05 Å². The number of carboxylic acid groups (broad SMARTS) is 1. The van der Waals surface area contributed by atoms with Gasteiger partial charge in [0.05, 0.1) is 13.2 Å². The Kier molecular flexibility index (Phi) is 4.43.